The quantitative estimate of drug-likeness (QED) is 0.185. The lowest BCUT2D eigenvalue weighted by molar-refractivity contribution is 0.0448. The Morgan fingerprint density at radius 1 is 0.320 bits per heavy atom. The maximum Gasteiger partial charge on any atom is 0.0700 e. The first-order chi connectivity index (χ1) is 12.4. The predicted molar refractivity (Wildman–Crippen MR) is 111 cm³/mol. The van der Waals surface area contributed by atoms with Gasteiger partial charge >= 0.3 is 0 Å². The molecule has 0 saturated carbocycles. The van der Waals surface area contributed by atoms with Crippen LogP contribution in [0.1, 0.15) is 123 Å². The molecule has 2 heteroatoms. The molecule has 0 amide bonds. The van der Waals surface area contributed by atoms with Gasteiger partial charge in [-0.05, 0) is 12.8 Å². The molecular formula is C23H48O2. The monoisotopic (exact) mass is 356 g/mol. The molecule has 0 spiro atoms. The first-order valence-electron chi connectivity index (χ1n) is 11.6. The van der Waals surface area contributed by atoms with Crippen molar-refractivity contribution in [3.8, 4) is 0 Å². The maximum atomic E-state index is 5.65. The third kappa shape index (κ3) is 23.9. The van der Waals surface area contributed by atoms with Gasteiger partial charge in [-0.15, -0.1) is 0 Å². The van der Waals surface area contributed by atoms with Gasteiger partial charge in [0, 0.05) is 13.2 Å². The fourth-order valence-electron chi connectivity index (χ4n) is 3.17. The van der Waals surface area contributed by atoms with Crippen LogP contribution in [-0.2, 0) is 9.47 Å². The molecule has 0 rings (SSSR count). The predicted octanol–water partition coefficient (Wildman–Crippen LogP) is 7.69. The van der Waals surface area contributed by atoms with E-state index in [4.69, 9.17) is 9.47 Å². The average molecular weight is 357 g/mol. The summed E-state index contributed by atoms with van der Waals surface area (Å²) in [5.41, 5.74) is 0. The Balaban J connectivity index is 2.94. The van der Waals surface area contributed by atoms with Crippen molar-refractivity contribution in [2.24, 2.45) is 0 Å². The zero-order chi connectivity index (χ0) is 18.3. The second kappa shape index (κ2) is 23.9. The van der Waals surface area contributed by atoms with Crippen LogP contribution in [0.2, 0.25) is 0 Å². The van der Waals surface area contributed by atoms with E-state index in [0.717, 1.165) is 26.4 Å². The SMILES string of the molecule is CCCCCCCCCCCCOCCOCCCCCCCCC. The lowest BCUT2D eigenvalue weighted by Gasteiger charge is -2.06. The van der Waals surface area contributed by atoms with Gasteiger partial charge in [-0.2, -0.15) is 0 Å². The van der Waals surface area contributed by atoms with E-state index in [1.54, 1.807) is 0 Å². The molecule has 0 N–H and O–H groups in total. The summed E-state index contributed by atoms with van der Waals surface area (Å²) in [5.74, 6) is 0. The van der Waals surface area contributed by atoms with Crippen LogP contribution >= 0.6 is 0 Å². The summed E-state index contributed by atoms with van der Waals surface area (Å²) in [6, 6.07) is 0. The Labute approximate surface area is 159 Å². The van der Waals surface area contributed by atoms with E-state index in [2.05, 4.69) is 13.8 Å². The number of ether oxygens (including phenoxy) is 2. The van der Waals surface area contributed by atoms with Crippen LogP contribution in [0.15, 0.2) is 0 Å². The van der Waals surface area contributed by atoms with Crippen LogP contribution in [0.25, 0.3) is 0 Å². The Morgan fingerprint density at radius 3 is 0.920 bits per heavy atom. The minimum Gasteiger partial charge on any atom is -0.379 e. The number of unbranched alkanes of at least 4 members (excludes halogenated alkanes) is 15. The molecule has 0 aliphatic carbocycles. The first-order valence-corrected chi connectivity index (χ1v) is 11.6. The van der Waals surface area contributed by atoms with Crippen LogP contribution in [-0.4, -0.2) is 26.4 Å². The molecule has 0 fully saturated rings. The highest BCUT2D eigenvalue weighted by Gasteiger charge is 1.95. The zero-order valence-corrected chi connectivity index (χ0v) is 17.7. The summed E-state index contributed by atoms with van der Waals surface area (Å²) in [6.45, 7) is 7.92. The topological polar surface area (TPSA) is 18.5 Å². The van der Waals surface area contributed by atoms with Crippen molar-refractivity contribution >= 4 is 0 Å². The zero-order valence-electron chi connectivity index (χ0n) is 17.7. The number of rotatable bonds is 22. The van der Waals surface area contributed by atoms with Gasteiger partial charge in [0.15, 0.2) is 0 Å². The normalized spacial score (nSPS) is 11.3. The summed E-state index contributed by atoms with van der Waals surface area (Å²) < 4.78 is 11.3. The van der Waals surface area contributed by atoms with E-state index in [0.29, 0.717) is 0 Å². The van der Waals surface area contributed by atoms with Crippen LogP contribution in [0, 0.1) is 0 Å². The number of hydrogen-bond donors (Lipinski definition) is 0. The summed E-state index contributed by atoms with van der Waals surface area (Å²) in [7, 11) is 0. The standard InChI is InChI=1S/C23H48O2/c1-3-5-7-9-11-12-13-15-17-19-21-25-23-22-24-20-18-16-14-10-8-6-4-2/h3-23H2,1-2H3. The van der Waals surface area contributed by atoms with Crippen molar-refractivity contribution in [2.75, 3.05) is 26.4 Å². The second-order valence-electron chi connectivity index (χ2n) is 7.53. The van der Waals surface area contributed by atoms with E-state index >= 15 is 0 Å². The van der Waals surface area contributed by atoms with E-state index in [1.807, 2.05) is 0 Å². The van der Waals surface area contributed by atoms with E-state index in [1.165, 1.54) is 109 Å². The van der Waals surface area contributed by atoms with Crippen molar-refractivity contribution in [2.45, 2.75) is 123 Å². The minimum atomic E-state index is 0.771. The molecule has 0 atom stereocenters. The van der Waals surface area contributed by atoms with Gasteiger partial charge in [0.2, 0.25) is 0 Å². The van der Waals surface area contributed by atoms with Gasteiger partial charge in [0.1, 0.15) is 0 Å². The molecule has 0 aromatic heterocycles. The van der Waals surface area contributed by atoms with Crippen molar-refractivity contribution in [3.05, 3.63) is 0 Å². The third-order valence-corrected chi connectivity index (χ3v) is 4.91. The van der Waals surface area contributed by atoms with Gasteiger partial charge in [-0.3, -0.25) is 0 Å². The Bertz CT molecular complexity index is 196. The highest BCUT2D eigenvalue weighted by Crippen LogP contribution is 2.10. The Kier molecular flexibility index (Phi) is 23.8. The fraction of sp³-hybridized carbons (Fsp3) is 1.00. The second-order valence-corrected chi connectivity index (χ2v) is 7.53. The lowest BCUT2D eigenvalue weighted by atomic mass is 10.1. The molecule has 0 aromatic carbocycles. The summed E-state index contributed by atoms with van der Waals surface area (Å²) in [4.78, 5) is 0. The molecule has 0 bridgehead atoms. The molecule has 0 heterocycles. The maximum absolute atomic E-state index is 5.65. The van der Waals surface area contributed by atoms with Crippen molar-refractivity contribution in [1.82, 2.24) is 0 Å². The lowest BCUT2D eigenvalue weighted by Crippen LogP contribution is -2.06. The fourth-order valence-corrected chi connectivity index (χ4v) is 3.17. The van der Waals surface area contributed by atoms with Crippen molar-refractivity contribution < 1.29 is 9.47 Å². The summed E-state index contributed by atoms with van der Waals surface area (Å²) >= 11 is 0. The van der Waals surface area contributed by atoms with Gasteiger partial charge < -0.3 is 9.47 Å². The Hall–Kier alpha value is -0.0800. The molecule has 0 aliphatic heterocycles. The molecule has 2 nitrogen and oxygen atoms in total. The van der Waals surface area contributed by atoms with Crippen LogP contribution in [0.4, 0.5) is 0 Å². The average Bonchev–Trinajstić information content (AvgIpc) is 2.63. The minimum absolute atomic E-state index is 0.771. The van der Waals surface area contributed by atoms with E-state index < -0.39 is 0 Å². The van der Waals surface area contributed by atoms with Crippen LogP contribution in [0.5, 0.6) is 0 Å². The Morgan fingerprint density at radius 2 is 0.600 bits per heavy atom. The number of hydrogen-bond acceptors (Lipinski definition) is 2. The van der Waals surface area contributed by atoms with E-state index in [9.17, 15) is 0 Å². The third-order valence-electron chi connectivity index (χ3n) is 4.91. The van der Waals surface area contributed by atoms with Gasteiger partial charge in [-0.25, -0.2) is 0 Å². The molecule has 0 radical (unpaired) electrons. The molecule has 152 valence electrons. The van der Waals surface area contributed by atoms with Gasteiger partial charge in [0.05, 0.1) is 13.2 Å². The molecule has 0 saturated heterocycles. The van der Waals surface area contributed by atoms with Gasteiger partial charge in [0.25, 0.3) is 0 Å². The molecular weight excluding hydrogens is 308 g/mol. The molecule has 0 unspecified atom stereocenters. The largest absolute Gasteiger partial charge is 0.379 e. The first kappa shape index (κ1) is 24.9. The molecule has 0 aliphatic rings. The van der Waals surface area contributed by atoms with E-state index in [-0.39, 0.29) is 0 Å². The smallest absolute Gasteiger partial charge is 0.0700 e. The summed E-state index contributed by atoms with van der Waals surface area (Å²) in [6.07, 6.45) is 23.3. The highest BCUT2D eigenvalue weighted by atomic mass is 16.5. The van der Waals surface area contributed by atoms with Crippen LogP contribution < -0.4 is 0 Å². The van der Waals surface area contributed by atoms with Crippen LogP contribution in [0.3, 0.4) is 0 Å². The van der Waals surface area contributed by atoms with Crippen molar-refractivity contribution in [1.29, 1.82) is 0 Å². The molecule has 25 heavy (non-hydrogen) atoms. The van der Waals surface area contributed by atoms with Gasteiger partial charge in [-0.1, -0.05) is 110 Å². The summed E-state index contributed by atoms with van der Waals surface area (Å²) in [5, 5.41) is 0. The molecule has 0 aromatic rings. The highest BCUT2D eigenvalue weighted by molar-refractivity contribution is 4.48. The van der Waals surface area contributed by atoms with Crippen molar-refractivity contribution in [3.63, 3.8) is 0 Å².